The summed E-state index contributed by atoms with van der Waals surface area (Å²) < 4.78 is 12.3. The number of alkyl carbamates (subject to hydrolysis) is 1. The molecule has 1 amide bonds. The van der Waals surface area contributed by atoms with Crippen molar-refractivity contribution in [3.63, 3.8) is 0 Å². The molecule has 1 aliphatic heterocycles. The van der Waals surface area contributed by atoms with Crippen molar-refractivity contribution in [2.75, 3.05) is 13.2 Å². The lowest BCUT2D eigenvalue weighted by atomic mass is 9.43. The van der Waals surface area contributed by atoms with Gasteiger partial charge in [-0.15, -0.1) is 0 Å². The third-order valence-corrected chi connectivity index (χ3v) is 12.8. The van der Waals surface area contributed by atoms with E-state index in [2.05, 4.69) is 39.9 Å². The summed E-state index contributed by atoms with van der Waals surface area (Å²) in [6.07, 6.45) is 8.08. The summed E-state index contributed by atoms with van der Waals surface area (Å²) in [6, 6.07) is 0. The monoisotopic (exact) mass is 534 g/mol. The Balaban J connectivity index is 1.41. The van der Waals surface area contributed by atoms with E-state index in [0.717, 1.165) is 51.4 Å². The zero-order valence-corrected chi connectivity index (χ0v) is 24.7. The van der Waals surface area contributed by atoms with Crippen LogP contribution in [0.2, 0.25) is 0 Å². The van der Waals surface area contributed by atoms with Gasteiger partial charge >= 0.3 is 6.09 Å². The first-order valence-electron chi connectivity index (χ1n) is 15.5. The second-order valence-electron chi connectivity index (χ2n) is 15.0. The lowest BCUT2D eigenvalue weighted by molar-refractivity contribution is -0.174. The predicted molar refractivity (Wildman–Crippen MR) is 147 cm³/mol. The van der Waals surface area contributed by atoms with E-state index < -0.39 is 17.7 Å². The minimum atomic E-state index is -0.774. The van der Waals surface area contributed by atoms with Gasteiger partial charge in [0, 0.05) is 6.54 Å². The molecule has 5 aliphatic rings. The van der Waals surface area contributed by atoms with Crippen molar-refractivity contribution in [2.45, 2.75) is 136 Å². The Hall–Kier alpha value is -0.890. The zero-order chi connectivity index (χ0) is 27.7. The molecule has 1 heterocycles. The van der Waals surface area contributed by atoms with Crippen LogP contribution >= 0.6 is 0 Å². The predicted octanol–water partition coefficient (Wildman–Crippen LogP) is 4.77. The van der Waals surface area contributed by atoms with Crippen molar-refractivity contribution in [3.8, 4) is 0 Å². The van der Waals surface area contributed by atoms with E-state index in [1.807, 2.05) is 6.92 Å². The molecule has 4 aliphatic carbocycles. The van der Waals surface area contributed by atoms with Crippen molar-refractivity contribution >= 4 is 6.09 Å². The number of ether oxygens (including phenoxy) is 2. The summed E-state index contributed by atoms with van der Waals surface area (Å²) in [5.41, 5.74) is 7.06. The summed E-state index contributed by atoms with van der Waals surface area (Å²) in [4.78, 5) is 12.3. The summed E-state index contributed by atoms with van der Waals surface area (Å²) in [5, 5.41) is 25.6. The van der Waals surface area contributed by atoms with Crippen LogP contribution in [0.5, 0.6) is 0 Å². The van der Waals surface area contributed by atoms with Gasteiger partial charge < -0.3 is 30.7 Å². The molecule has 0 aromatic heterocycles. The fourth-order valence-electron chi connectivity index (χ4n) is 10.6. The van der Waals surface area contributed by atoms with Crippen molar-refractivity contribution in [1.82, 2.24) is 5.32 Å². The maximum absolute atomic E-state index is 12.3. The summed E-state index contributed by atoms with van der Waals surface area (Å²) in [6.45, 7) is 13.6. The maximum atomic E-state index is 12.3. The fraction of sp³-hybridized carbons (Fsp3) is 0.968. The zero-order valence-electron chi connectivity index (χ0n) is 24.7. The highest BCUT2D eigenvalue weighted by molar-refractivity contribution is 5.67. The van der Waals surface area contributed by atoms with E-state index in [1.54, 1.807) is 0 Å². The molecule has 7 nitrogen and oxygen atoms in total. The smallest absolute Gasteiger partial charge is 0.407 e. The maximum Gasteiger partial charge on any atom is 0.407 e. The highest BCUT2D eigenvalue weighted by atomic mass is 16.6. The Kier molecular flexibility index (Phi) is 7.23. The molecule has 218 valence electrons. The van der Waals surface area contributed by atoms with E-state index >= 15 is 0 Å². The molecule has 0 bridgehead atoms. The van der Waals surface area contributed by atoms with Crippen LogP contribution in [0.4, 0.5) is 4.79 Å². The number of amides is 1. The molecule has 10 unspecified atom stereocenters. The van der Waals surface area contributed by atoms with Gasteiger partial charge in [-0.1, -0.05) is 41.0 Å². The first kappa shape index (κ1) is 28.6. The Morgan fingerprint density at radius 2 is 1.68 bits per heavy atom. The number of hydrogen-bond donors (Lipinski definition) is 4. The highest BCUT2D eigenvalue weighted by Crippen LogP contribution is 2.86. The number of carbonyl (C=O) groups excluding carboxylic acids is 1. The van der Waals surface area contributed by atoms with Gasteiger partial charge in [0.05, 0.1) is 30.5 Å². The number of aliphatic hydroxyl groups is 2. The first-order valence-corrected chi connectivity index (χ1v) is 15.5. The van der Waals surface area contributed by atoms with Crippen molar-refractivity contribution in [1.29, 1.82) is 0 Å². The molecule has 0 radical (unpaired) electrons. The van der Waals surface area contributed by atoms with E-state index in [0.29, 0.717) is 12.5 Å². The normalized spacial score (nSPS) is 48.6. The molecular formula is C31H54N2O5. The summed E-state index contributed by atoms with van der Waals surface area (Å²) >= 11 is 0. The first-order chi connectivity index (χ1) is 17.8. The molecule has 10 atom stereocenters. The van der Waals surface area contributed by atoms with Crippen LogP contribution in [-0.4, -0.2) is 59.4 Å². The lowest BCUT2D eigenvalue weighted by Crippen LogP contribution is -2.72. The highest BCUT2D eigenvalue weighted by Gasteiger charge is 2.82. The number of nitrogens with one attached hydrogen (secondary N) is 1. The Morgan fingerprint density at radius 3 is 2.37 bits per heavy atom. The molecule has 7 heteroatoms. The van der Waals surface area contributed by atoms with Gasteiger partial charge in [-0.2, -0.15) is 0 Å². The molecule has 2 spiro atoms. The van der Waals surface area contributed by atoms with Crippen LogP contribution in [-0.2, 0) is 9.47 Å². The van der Waals surface area contributed by atoms with Gasteiger partial charge in [-0.3, -0.25) is 0 Å². The Bertz CT molecular complexity index is 911. The van der Waals surface area contributed by atoms with Gasteiger partial charge in [-0.25, -0.2) is 4.79 Å². The lowest BCUT2D eigenvalue weighted by Gasteiger charge is -2.64. The average molecular weight is 535 g/mol. The van der Waals surface area contributed by atoms with Crippen molar-refractivity contribution < 1.29 is 24.5 Å². The molecule has 5 rings (SSSR count). The topological polar surface area (TPSA) is 114 Å². The van der Waals surface area contributed by atoms with Gasteiger partial charge in [0.25, 0.3) is 0 Å². The van der Waals surface area contributed by atoms with Crippen LogP contribution in [0.25, 0.3) is 0 Å². The SMILES string of the molecule is CCNC(=O)OC(C(C)C)C1CCCC2(C)CCC34CC35CCC(O)C(C)(C)C5CCC4C2(N)C(O)CO1. The number of nitrogens with two attached hydrogens (primary N) is 1. The van der Waals surface area contributed by atoms with Crippen LogP contribution in [0.1, 0.15) is 106 Å². The minimum absolute atomic E-state index is 0.0709. The number of aliphatic hydroxyl groups excluding tert-OH is 2. The standard InChI is InChI=1S/C31H54N2O5/c1-7-33-26(36)38-25(19(2)3)20-9-8-13-28(6)15-16-30-18-29(30)14-12-23(34)27(4,5)21(29)10-11-22(30)31(28,32)24(35)17-37-20/h19-25,34-35H,7-18,32H2,1-6H3,(H,33,36). The molecule has 0 aromatic carbocycles. The molecule has 4 saturated carbocycles. The third kappa shape index (κ3) is 3.92. The van der Waals surface area contributed by atoms with Crippen molar-refractivity contribution in [2.24, 2.45) is 45.1 Å². The van der Waals surface area contributed by atoms with E-state index in [9.17, 15) is 15.0 Å². The third-order valence-electron chi connectivity index (χ3n) is 12.8. The van der Waals surface area contributed by atoms with Crippen LogP contribution in [0.3, 0.4) is 0 Å². The van der Waals surface area contributed by atoms with E-state index in [-0.39, 0.29) is 58.4 Å². The number of carbonyl (C=O) groups is 1. The fourth-order valence-corrected chi connectivity index (χ4v) is 10.6. The Morgan fingerprint density at radius 1 is 1.00 bits per heavy atom. The van der Waals surface area contributed by atoms with E-state index in [4.69, 9.17) is 15.2 Å². The van der Waals surface area contributed by atoms with Gasteiger partial charge in [-0.05, 0) is 104 Å². The molecule has 1 saturated heterocycles. The van der Waals surface area contributed by atoms with Gasteiger partial charge in [0.15, 0.2) is 0 Å². The molecule has 0 aromatic rings. The molecule has 5 fully saturated rings. The summed E-state index contributed by atoms with van der Waals surface area (Å²) in [7, 11) is 0. The van der Waals surface area contributed by atoms with Crippen LogP contribution in [0.15, 0.2) is 0 Å². The van der Waals surface area contributed by atoms with Gasteiger partial charge in [0.1, 0.15) is 6.10 Å². The quantitative estimate of drug-likeness (QED) is 0.413. The number of hydrogen-bond acceptors (Lipinski definition) is 6. The van der Waals surface area contributed by atoms with Crippen molar-refractivity contribution in [3.05, 3.63) is 0 Å². The molecular weight excluding hydrogens is 480 g/mol. The second kappa shape index (κ2) is 9.60. The molecule has 38 heavy (non-hydrogen) atoms. The van der Waals surface area contributed by atoms with Crippen LogP contribution < -0.4 is 11.1 Å². The molecule has 5 N–H and O–H groups in total. The largest absolute Gasteiger partial charge is 0.443 e. The average Bonchev–Trinajstić information content (AvgIpc) is 3.52. The van der Waals surface area contributed by atoms with E-state index in [1.165, 1.54) is 12.8 Å². The summed E-state index contributed by atoms with van der Waals surface area (Å²) in [5.74, 6) is 0.883. The number of fused-ring (bicyclic) bond motifs is 2. The second-order valence-corrected chi connectivity index (χ2v) is 15.0. The Labute approximate surface area is 230 Å². The number of rotatable bonds is 4. The van der Waals surface area contributed by atoms with Crippen LogP contribution in [0, 0.1) is 39.4 Å². The van der Waals surface area contributed by atoms with Gasteiger partial charge in [0.2, 0.25) is 0 Å². The minimum Gasteiger partial charge on any atom is -0.443 e.